The number of nitrogens with one attached hydrogen (secondary N) is 1. The SMILES string of the molecule is CN(CCCC(=O)c1ccccc1-n1nccn1)C(=O)OC(C)(C)C.CN(CCCC(=O)c1ccccc1-n1nccn1)c1cc(C#N)ccn1.CN(CCN(C)c1cc(C#N)ccn1)C(=O)c1ccccc1-n1nccn1.CNCCCC(=O)c1ccccc1-n1nccn1.O=CO[O-].[Cs+].[Cs+].[H-]. The second-order valence-electron chi connectivity index (χ2n) is 22.7. The van der Waals surface area contributed by atoms with Gasteiger partial charge in [-0.2, -0.15) is 70.5 Å². The van der Waals surface area contributed by atoms with Crippen LogP contribution in [0, 0.1) is 22.7 Å². The molecule has 6 aromatic heterocycles. The molecule has 4 aromatic carbocycles. The van der Waals surface area contributed by atoms with Crippen LogP contribution in [0.1, 0.15) is 113 Å². The van der Waals surface area contributed by atoms with Crippen molar-refractivity contribution in [2.75, 3.05) is 77.8 Å². The van der Waals surface area contributed by atoms with Crippen LogP contribution in [-0.4, -0.2) is 189 Å². The van der Waals surface area contributed by atoms with Gasteiger partial charge in [0.25, 0.3) is 12.4 Å². The van der Waals surface area contributed by atoms with Crippen LogP contribution in [0.4, 0.5) is 16.4 Å². The largest absolute Gasteiger partial charge is 1.00 e. The molecular formula is C70H79Cs2N21O9. The van der Waals surface area contributed by atoms with Crippen molar-refractivity contribution < 1.29 is 183 Å². The van der Waals surface area contributed by atoms with E-state index >= 15 is 0 Å². The molecule has 0 saturated carbocycles. The van der Waals surface area contributed by atoms with Crippen LogP contribution in [0.15, 0.2) is 183 Å². The van der Waals surface area contributed by atoms with Crippen molar-refractivity contribution in [2.45, 2.75) is 64.9 Å². The first-order valence-electron chi connectivity index (χ1n) is 31.4. The van der Waals surface area contributed by atoms with E-state index in [4.69, 9.17) is 25.3 Å². The standard InChI is InChI=1S/C19H19N7O.C19H18N6O.C18H24N4O3.C13H16N4O.CH2O3.2Cs.H/c1-24(18-13-15(14-20)7-8-21-18)11-12-25(2)19(27)16-5-3-4-6-17(16)26-22-9-10-23-26;1-24(19-13-15(14-20)8-9-21-19)12-4-7-18(26)16-5-2-3-6-17(16)25-22-10-11-23-25;1-18(2,3)25-17(24)21(4)13-7-10-16(23)14-8-5-6-9-15(14)22-19-11-12-20-22;1-14-8-4-7-13(18)11-5-2-3-6-12(11)17-15-9-10-16-17;2-1-4-3;;;/h3-10,13H,11-12H2,1-2H3;2-3,5-6,8-11,13H,4,7,12H2,1H3;5-6,8-9,11-12H,7,10,13H2,1-4H3;2-3,5-6,9-10,14H,4,7-8H2,1H3;1,3H;;;/q;;;;;2*+1;-1/p-1. The number of hydrogen-bond donors (Lipinski definition) is 1. The van der Waals surface area contributed by atoms with Crippen LogP contribution < -0.4 is 158 Å². The Hall–Kier alpha value is -8.44. The summed E-state index contributed by atoms with van der Waals surface area (Å²) in [6.45, 7) is 8.31. The first-order chi connectivity index (χ1) is 48.3. The average molecular weight is 1620 g/mol. The Balaban J connectivity index is 0.000000350. The van der Waals surface area contributed by atoms with Gasteiger partial charge in [-0.1, -0.05) is 48.5 Å². The minimum Gasteiger partial charge on any atom is -1.00 e. The Morgan fingerprint density at radius 2 is 0.833 bits per heavy atom. The van der Waals surface area contributed by atoms with E-state index in [2.05, 4.69) is 73.1 Å². The number of nitrogens with zero attached hydrogens (tertiary/aromatic N) is 20. The van der Waals surface area contributed by atoms with Crippen molar-refractivity contribution in [1.82, 2.24) is 85.1 Å². The number of anilines is 2. The number of benzene rings is 4. The van der Waals surface area contributed by atoms with Gasteiger partial charge in [-0.05, 0) is 126 Å². The Labute approximate surface area is 710 Å². The molecule has 6 heterocycles. The Kier molecular flexibility index (Phi) is 39.0. The van der Waals surface area contributed by atoms with Gasteiger partial charge in [0, 0.05) is 103 Å². The molecule has 0 fully saturated rings. The van der Waals surface area contributed by atoms with E-state index in [9.17, 15) is 24.0 Å². The third-order valence-electron chi connectivity index (χ3n) is 14.3. The summed E-state index contributed by atoms with van der Waals surface area (Å²) < 4.78 is 5.29. The van der Waals surface area contributed by atoms with E-state index < -0.39 is 5.60 Å². The molecule has 0 saturated heterocycles. The van der Waals surface area contributed by atoms with Crippen LogP contribution in [0.5, 0.6) is 0 Å². The maximum absolute atomic E-state index is 12.9. The molecule has 2 amide bonds. The molecule has 0 unspecified atom stereocenters. The third kappa shape index (κ3) is 28.1. The zero-order valence-corrected chi connectivity index (χ0v) is 71.4. The molecule has 0 radical (unpaired) electrons. The van der Waals surface area contributed by atoms with Crippen molar-refractivity contribution in [3.05, 3.63) is 217 Å². The number of carbonyl (C=O) groups is 6. The molecule has 1 N–H and O–H groups in total. The van der Waals surface area contributed by atoms with Gasteiger partial charge in [0.1, 0.15) is 17.2 Å². The van der Waals surface area contributed by atoms with Gasteiger partial charge in [-0.25, -0.2) is 14.8 Å². The van der Waals surface area contributed by atoms with Crippen molar-refractivity contribution in [2.24, 2.45) is 0 Å². The second-order valence-corrected chi connectivity index (χ2v) is 22.7. The number of pyridine rings is 2. The van der Waals surface area contributed by atoms with Crippen molar-refractivity contribution in [1.29, 1.82) is 10.5 Å². The van der Waals surface area contributed by atoms with E-state index in [1.807, 2.05) is 125 Å². The molecule has 30 nitrogen and oxygen atoms in total. The summed E-state index contributed by atoms with van der Waals surface area (Å²) in [5.74, 6) is 1.46. The summed E-state index contributed by atoms with van der Waals surface area (Å²) in [5.41, 5.74) is 5.67. The second kappa shape index (κ2) is 46.2. The molecule has 10 rings (SSSR count). The summed E-state index contributed by atoms with van der Waals surface area (Å²) in [6.07, 6.45) is 18.8. The fourth-order valence-corrected chi connectivity index (χ4v) is 9.29. The third-order valence-corrected chi connectivity index (χ3v) is 14.3. The molecule has 10 aromatic rings. The fourth-order valence-electron chi connectivity index (χ4n) is 9.29. The topological polar surface area (TPSA) is 365 Å². The van der Waals surface area contributed by atoms with Crippen LogP contribution in [0.3, 0.4) is 0 Å². The van der Waals surface area contributed by atoms with Crippen LogP contribution in [-0.2, 0) is 14.4 Å². The van der Waals surface area contributed by atoms with Crippen molar-refractivity contribution >= 4 is 47.5 Å². The number of rotatable bonds is 26. The van der Waals surface area contributed by atoms with Crippen LogP contribution in [0.25, 0.3) is 22.7 Å². The zero-order valence-electron chi connectivity index (χ0n) is 59.8. The molecule has 0 aliphatic rings. The number of likely N-dealkylation sites (N-methyl/N-ethyl adjacent to an activating group) is 2. The quantitative estimate of drug-likeness (QED) is 0.0264. The smallest absolute Gasteiger partial charge is 1.00 e. The van der Waals surface area contributed by atoms with E-state index in [1.165, 1.54) is 24.1 Å². The predicted octanol–water partition coefficient (Wildman–Crippen LogP) is 1.48. The molecule has 0 spiro atoms. The number of hydrogen-bond acceptors (Lipinski definition) is 24. The molecule has 0 aliphatic heterocycles. The van der Waals surface area contributed by atoms with E-state index in [0.29, 0.717) is 115 Å². The van der Waals surface area contributed by atoms with Gasteiger partial charge in [0.2, 0.25) is 0 Å². The summed E-state index contributed by atoms with van der Waals surface area (Å²) in [7, 11) is 9.08. The molecular weight excluding hydrogens is 1540 g/mol. The van der Waals surface area contributed by atoms with Gasteiger partial charge in [0.15, 0.2) is 17.3 Å². The van der Waals surface area contributed by atoms with Gasteiger partial charge in [0.05, 0.1) is 101 Å². The summed E-state index contributed by atoms with van der Waals surface area (Å²) in [5, 5.41) is 62.2. The number of nitriles is 2. The summed E-state index contributed by atoms with van der Waals surface area (Å²) in [6, 6.07) is 40.2. The number of carbonyl (C=O) groups excluding carboxylic acids is 6. The number of Topliss-reactive ketones (excluding diaryl/α,β-unsaturated/α-hetero) is 3. The first kappa shape index (κ1) is 86.0. The van der Waals surface area contributed by atoms with Crippen LogP contribution >= 0.6 is 0 Å². The Morgan fingerprint density at radius 3 is 1.19 bits per heavy atom. The molecule has 32 heteroatoms. The predicted molar refractivity (Wildman–Crippen MR) is 369 cm³/mol. The van der Waals surface area contributed by atoms with Crippen molar-refractivity contribution in [3.63, 3.8) is 0 Å². The van der Waals surface area contributed by atoms with Crippen LogP contribution in [0.2, 0.25) is 0 Å². The maximum Gasteiger partial charge on any atom is 1.00 e. The Bertz CT molecular complexity index is 4290. The van der Waals surface area contributed by atoms with Gasteiger partial charge in [-0.3, -0.25) is 24.0 Å². The number of amides is 2. The minimum absolute atomic E-state index is 0. The van der Waals surface area contributed by atoms with E-state index in [-0.39, 0.29) is 175 Å². The number of aromatic nitrogens is 14. The average Bonchev–Trinajstić information content (AvgIpc) is 1.83. The normalized spacial score (nSPS) is 10.1. The number of ketones is 3. The molecule has 0 bridgehead atoms. The maximum atomic E-state index is 12.9. The molecule has 520 valence electrons. The molecule has 0 aliphatic carbocycles. The monoisotopic (exact) mass is 1620 g/mol. The molecule has 0 atom stereocenters. The fraction of sp³-hybridized carbons (Fsp3) is 0.286. The number of para-hydroxylation sites is 4. The summed E-state index contributed by atoms with van der Waals surface area (Å²) in [4.78, 5) is 94.7. The zero-order chi connectivity index (χ0) is 72.2. The van der Waals surface area contributed by atoms with Gasteiger partial charge < -0.3 is 41.2 Å². The van der Waals surface area contributed by atoms with E-state index in [1.54, 1.807) is 129 Å². The van der Waals surface area contributed by atoms with E-state index in [0.717, 1.165) is 24.5 Å². The first-order valence-corrected chi connectivity index (χ1v) is 31.4. The number of ether oxygens (including phenoxy) is 1. The Morgan fingerprint density at radius 1 is 0.500 bits per heavy atom. The minimum atomic E-state index is -0.531. The van der Waals surface area contributed by atoms with Gasteiger partial charge >= 0.3 is 144 Å². The summed E-state index contributed by atoms with van der Waals surface area (Å²) >= 11 is 0. The van der Waals surface area contributed by atoms with Crippen molar-refractivity contribution in [3.8, 4) is 34.9 Å². The molecule has 102 heavy (non-hydrogen) atoms. The van der Waals surface area contributed by atoms with Gasteiger partial charge in [-0.15, -0.1) is 0 Å².